The predicted molar refractivity (Wildman–Crippen MR) is 92.1 cm³/mol. The van der Waals surface area contributed by atoms with E-state index in [1.54, 1.807) is 19.1 Å². The van der Waals surface area contributed by atoms with Crippen LogP contribution < -0.4 is 5.32 Å². The highest BCUT2D eigenvalue weighted by Crippen LogP contribution is 2.29. The molecule has 0 radical (unpaired) electrons. The first-order chi connectivity index (χ1) is 11.5. The van der Waals surface area contributed by atoms with Gasteiger partial charge in [-0.2, -0.15) is 0 Å². The fraction of sp³-hybridized carbons (Fsp3) is 0.412. The van der Waals surface area contributed by atoms with Crippen molar-refractivity contribution in [1.29, 1.82) is 0 Å². The largest absolute Gasteiger partial charge is 0.443 e. The Balaban J connectivity index is 0.00000100. The van der Waals surface area contributed by atoms with Gasteiger partial charge in [-0.1, -0.05) is 25.4 Å². The molecule has 1 atom stereocenters. The molecular weight excluding hydrogens is 335 g/mol. The molecule has 1 unspecified atom stereocenters. The molecule has 1 aromatic heterocycles. The number of carbonyl (C=O) groups excluding carboxylic acids is 1. The number of anilines is 1. The number of aryl methyl sites for hydroxylation is 1. The summed E-state index contributed by atoms with van der Waals surface area (Å²) in [6.07, 6.45) is 1.29. The molecule has 1 aliphatic rings. The van der Waals surface area contributed by atoms with Gasteiger partial charge in [0.1, 0.15) is 17.7 Å². The number of nitrogens with zero attached hydrogens (tertiary/aromatic N) is 1. The highest BCUT2D eigenvalue weighted by molar-refractivity contribution is 6.35. The smallest absolute Gasteiger partial charge is 0.413 e. The van der Waals surface area contributed by atoms with E-state index in [1.807, 2.05) is 13.8 Å². The van der Waals surface area contributed by atoms with Crippen molar-refractivity contribution in [2.75, 3.05) is 18.5 Å². The fourth-order valence-corrected chi connectivity index (χ4v) is 2.63. The normalized spacial score (nSPS) is 16.5. The van der Waals surface area contributed by atoms with Crippen LogP contribution in [-0.4, -0.2) is 30.4 Å². The van der Waals surface area contributed by atoms with Crippen LogP contribution in [0.15, 0.2) is 18.3 Å². The third-order valence-corrected chi connectivity index (χ3v) is 3.84. The molecule has 5 nitrogen and oxygen atoms in total. The minimum Gasteiger partial charge on any atom is -0.443 e. The number of ether oxygens (including phenoxy) is 2. The lowest BCUT2D eigenvalue weighted by Crippen LogP contribution is -2.22. The molecule has 1 N–H and O–H groups in total. The van der Waals surface area contributed by atoms with E-state index in [1.165, 1.54) is 6.20 Å². The van der Waals surface area contributed by atoms with Crippen LogP contribution in [0.5, 0.6) is 0 Å². The first-order valence-electron chi connectivity index (χ1n) is 7.84. The Labute approximate surface area is 145 Å². The van der Waals surface area contributed by atoms with Crippen LogP contribution in [0.1, 0.15) is 25.8 Å². The van der Waals surface area contributed by atoms with E-state index < -0.39 is 11.9 Å². The van der Waals surface area contributed by atoms with Crippen molar-refractivity contribution in [3.8, 4) is 0 Å². The third-order valence-electron chi connectivity index (χ3n) is 3.48. The monoisotopic (exact) mass is 354 g/mol. The summed E-state index contributed by atoms with van der Waals surface area (Å²) >= 11 is 5.96. The standard InChI is InChI=1S/C15H14ClFN2O3.C2H6/c1-8-4-9-5-12(18-6-11(9)13(16)14(8)17)19-15(20)22-10-2-3-21-7-10;1-2/h4-6,10H,2-3,7H2,1H3,(H,18,19,20);1-2H3. The molecule has 130 valence electrons. The van der Waals surface area contributed by atoms with Gasteiger partial charge in [-0.05, 0) is 30.0 Å². The Kier molecular flexibility index (Phi) is 6.34. The summed E-state index contributed by atoms with van der Waals surface area (Å²) in [5.41, 5.74) is 0.431. The number of nitrogens with one attached hydrogen (secondary N) is 1. The maximum Gasteiger partial charge on any atom is 0.413 e. The first-order valence-corrected chi connectivity index (χ1v) is 8.22. The van der Waals surface area contributed by atoms with Crippen molar-refractivity contribution in [3.05, 3.63) is 34.7 Å². The highest BCUT2D eigenvalue weighted by atomic mass is 35.5. The lowest BCUT2D eigenvalue weighted by Gasteiger charge is -2.11. The van der Waals surface area contributed by atoms with Crippen molar-refractivity contribution in [3.63, 3.8) is 0 Å². The SMILES string of the molecule is CC.Cc1cc2cc(NC(=O)OC3CCOC3)ncc2c(Cl)c1F. The molecule has 1 saturated heterocycles. The van der Waals surface area contributed by atoms with Gasteiger partial charge in [-0.25, -0.2) is 14.2 Å². The van der Waals surface area contributed by atoms with Crippen LogP contribution >= 0.6 is 11.6 Å². The molecule has 1 fully saturated rings. The van der Waals surface area contributed by atoms with Crippen molar-refractivity contribution < 1.29 is 18.7 Å². The van der Waals surface area contributed by atoms with Gasteiger partial charge in [0.25, 0.3) is 0 Å². The molecule has 2 aromatic rings. The zero-order valence-electron chi connectivity index (χ0n) is 13.9. The third kappa shape index (κ3) is 4.13. The summed E-state index contributed by atoms with van der Waals surface area (Å²) in [5, 5.41) is 3.76. The number of pyridine rings is 1. The van der Waals surface area contributed by atoms with E-state index in [0.717, 1.165) is 0 Å². The number of halogens is 2. The number of fused-ring (bicyclic) bond motifs is 1. The Bertz CT molecular complexity index is 733. The maximum absolute atomic E-state index is 13.7. The van der Waals surface area contributed by atoms with Crippen molar-refractivity contribution in [1.82, 2.24) is 4.98 Å². The van der Waals surface area contributed by atoms with Crippen LogP contribution in [-0.2, 0) is 9.47 Å². The van der Waals surface area contributed by atoms with Gasteiger partial charge in [0, 0.05) is 18.0 Å². The number of carbonyl (C=O) groups is 1. The van der Waals surface area contributed by atoms with Gasteiger partial charge in [-0.3, -0.25) is 5.32 Å². The number of hydrogen-bond donors (Lipinski definition) is 1. The Morgan fingerprint density at radius 3 is 2.88 bits per heavy atom. The lowest BCUT2D eigenvalue weighted by atomic mass is 10.1. The van der Waals surface area contributed by atoms with Crippen LogP contribution in [0.2, 0.25) is 5.02 Å². The van der Waals surface area contributed by atoms with E-state index >= 15 is 0 Å². The van der Waals surface area contributed by atoms with Gasteiger partial charge in [-0.15, -0.1) is 0 Å². The zero-order chi connectivity index (χ0) is 17.7. The zero-order valence-corrected chi connectivity index (χ0v) is 14.6. The average Bonchev–Trinajstić information content (AvgIpc) is 3.07. The summed E-state index contributed by atoms with van der Waals surface area (Å²) < 4.78 is 24.1. The highest BCUT2D eigenvalue weighted by Gasteiger charge is 2.20. The first kappa shape index (κ1) is 18.4. The molecule has 2 heterocycles. The molecule has 1 aromatic carbocycles. The maximum atomic E-state index is 13.7. The summed E-state index contributed by atoms with van der Waals surface area (Å²) in [7, 11) is 0. The lowest BCUT2D eigenvalue weighted by molar-refractivity contribution is 0.0931. The number of benzene rings is 1. The van der Waals surface area contributed by atoms with Crippen molar-refractivity contribution in [2.24, 2.45) is 0 Å². The molecule has 24 heavy (non-hydrogen) atoms. The van der Waals surface area contributed by atoms with Crippen LogP contribution in [0.25, 0.3) is 10.8 Å². The second-order valence-electron chi connectivity index (χ2n) is 5.13. The predicted octanol–water partition coefficient (Wildman–Crippen LogP) is 4.70. The fourth-order valence-electron chi connectivity index (χ4n) is 2.32. The average molecular weight is 355 g/mol. The Hall–Kier alpha value is -1.92. The molecule has 0 bridgehead atoms. The van der Waals surface area contributed by atoms with E-state index in [-0.39, 0.29) is 11.1 Å². The topological polar surface area (TPSA) is 60.5 Å². The van der Waals surface area contributed by atoms with Crippen LogP contribution in [0.4, 0.5) is 15.0 Å². The Morgan fingerprint density at radius 1 is 1.46 bits per heavy atom. The summed E-state index contributed by atoms with van der Waals surface area (Å²) in [4.78, 5) is 15.8. The van der Waals surface area contributed by atoms with Gasteiger partial charge < -0.3 is 9.47 Å². The quantitative estimate of drug-likeness (QED) is 0.849. The van der Waals surface area contributed by atoms with Gasteiger partial charge in [0.15, 0.2) is 0 Å². The van der Waals surface area contributed by atoms with E-state index in [9.17, 15) is 9.18 Å². The summed E-state index contributed by atoms with van der Waals surface area (Å²) in [6.45, 7) is 6.63. The summed E-state index contributed by atoms with van der Waals surface area (Å²) in [6, 6.07) is 3.28. The minimum absolute atomic E-state index is 0.0275. The number of hydrogen-bond acceptors (Lipinski definition) is 4. The number of aromatic nitrogens is 1. The molecule has 3 rings (SSSR count). The molecule has 0 spiro atoms. The Morgan fingerprint density at radius 2 is 2.21 bits per heavy atom. The summed E-state index contributed by atoms with van der Waals surface area (Å²) in [5.74, 6) is -0.143. The van der Waals surface area contributed by atoms with Gasteiger partial charge in [0.2, 0.25) is 0 Å². The number of amides is 1. The van der Waals surface area contributed by atoms with Crippen LogP contribution in [0.3, 0.4) is 0 Å². The van der Waals surface area contributed by atoms with E-state index in [4.69, 9.17) is 21.1 Å². The molecule has 0 aliphatic carbocycles. The second kappa shape index (κ2) is 8.26. The van der Waals surface area contributed by atoms with Crippen molar-refractivity contribution in [2.45, 2.75) is 33.3 Å². The minimum atomic E-state index is -0.590. The van der Waals surface area contributed by atoms with E-state index in [2.05, 4.69) is 10.3 Å². The molecule has 7 heteroatoms. The second-order valence-corrected chi connectivity index (χ2v) is 5.51. The van der Waals surface area contributed by atoms with Gasteiger partial charge >= 0.3 is 6.09 Å². The molecule has 1 aliphatic heterocycles. The molecule has 1 amide bonds. The molecular formula is C17H20ClFN2O3. The van der Waals surface area contributed by atoms with Crippen molar-refractivity contribution >= 4 is 34.3 Å². The molecule has 0 saturated carbocycles. The van der Waals surface area contributed by atoms with Crippen LogP contribution in [0, 0.1) is 12.7 Å². The van der Waals surface area contributed by atoms with E-state index in [0.29, 0.717) is 41.8 Å². The number of rotatable bonds is 2. The van der Waals surface area contributed by atoms with Gasteiger partial charge in [0.05, 0.1) is 18.2 Å².